The van der Waals surface area contributed by atoms with Gasteiger partial charge >= 0.3 is 6.18 Å². The monoisotopic (exact) mass is 460 g/mol. The van der Waals surface area contributed by atoms with Gasteiger partial charge in [-0.05, 0) is 75.7 Å². The summed E-state index contributed by atoms with van der Waals surface area (Å²) in [5.74, 6) is 0. The highest BCUT2D eigenvalue weighted by molar-refractivity contribution is 6.10. The smallest absolute Gasteiger partial charge is 0.226 e. The summed E-state index contributed by atoms with van der Waals surface area (Å²) < 4.78 is 40.4. The molecule has 0 unspecified atom stereocenters. The molecule has 0 aromatic heterocycles. The zero-order valence-corrected chi connectivity index (χ0v) is 18.0. The second-order valence-electron chi connectivity index (χ2n) is 8.14. The van der Waals surface area contributed by atoms with E-state index in [0.29, 0.717) is 27.8 Å². The Morgan fingerprint density at radius 2 is 1.14 bits per heavy atom. The molecule has 164 valence electrons. The lowest BCUT2D eigenvalue weighted by atomic mass is 9.94. The van der Waals surface area contributed by atoms with Crippen LogP contribution in [0.25, 0.3) is 43.1 Å². The van der Waals surface area contributed by atoms with Crippen molar-refractivity contribution in [1.29, 1.82) is 10.5 Å². The van der Waals surface area contributed by atoms with Crippen LogP contribution in [0.5, 0.6) is 0 Å². The van der Waals surface area contributed by atoms with Gasteiger partial charge in [0, 0.05) is 11.1 Å². The van der Waals surface area contributed by atoms with Crippen LogP contribution in [-0.2, 0) is 6.18 Å². The number of nitriles is 2. The fourth-order valence-electron chi connectivity index (χ4n) is 4.80. The molecule has 0 bridgehead atoms. The van der Waals surface area contributed by atoms with E-state index in [9.17, 15) is 23.7 Å². The van der Waals surface area contributed by atoms with E-state index in [0.717, 1.165) is 34.4 Å². The van der Waals surface area contributed by atoms with Gasteiger partial charge in [0.15, 0.2) is 0 Å². The summed E-state index contributed by atoms with van der Waals surface area (Å²) in [5, 5.41) is 19.3. The second-order valence-corrected chi connectivity index (χ2v) is 8.14. The van der Waals surface area contributed by atoms with Gasteiger partial charge in [-0.15, -0.1) is 0 Å². The maximum atomic E-state index is 13.5. The maximum Gasteiger partial charge on any atom is 0.416 e. The lowest BCUT2D eigenvalue weighted by Crippen LogP contribution is -2.05. The predicted octanol–water partition coefficient (Wildman–Crippen LogP) is 7.38. The summed E-state index contributed by atoms with van der Waals surface area (Å²) in [6.07, 6.45) is -4.59. The summed E-state index contributed by atoms with van der Waals surface area (Å²) in [6, 6.07) is 16.2. The second kappa shape index (κ2) is 7.46. The van der Waals surface area contributed by atoms with Crippen LogP contribution >= 0.6 is 0 Å². The third kappa shape index (κ3) is 3.04. The highest BCUT2D eigenvalue weighted by Crippen LogP contribution is 2.54. The average molecular weight is 460 g/mol. The highest BCUT2D eigenvalue weighted by Gasteiger charge is 2.36. The lowest BCUT2D eigenvalue weighted by Gasteiger charge is -2.10. The molecular formula is C28H11F3N4. The van der Waals surface area contributed by atoms with Crippen LogP contribution in [-0.4, -0.2) is 0 Å². The molecule has 2 aliphatic rings. The van der Waals surface area contributed by atoms with E-state index < -0.39 is 11.7 Å². The van der Waals surface area contributed by atoms with Gasteiger partial charge in [-0.25, -0.2) is 20.2 Å². The molecule has 35 heavy (non-hydrogen) atoms. The van der Waals surface area contributed by atoms with Crippen molar-refractivity contribution >= 4 is 11.1 Å². The molecular weight excluding hydrogens is 449 g/mol. The Morgan fingerprint density at radius 3 is 1.63 bits per heavy atom. The molecule has 4 nitrogen and oxygen atoms in total. The van der Waals surface area contributed by atoms with Crippen LogP contribution in [0.15, 0.2) is 59.9 Å². The Hall–Kier alpha value is -5.11. The molecule has 0 radical (unpaired) electrons. The minimum atomic E-state index is -4.59. The van der Waals surface area contributed by atoms with Gasteiger partial charge in [-0.3, -0.25) is 0 Å². The van der Waals surface area contributed by atoms with Crippen molar-refractivity contribution in [1.82, 2.24) is 0 Å². The standard InChI is InChI=1S/C28H11F3N4/c1-14-4-6-16-18-10-19-17-7-5-15(28(29,30)31)9-21(17)27(25(13-33)35-3)23(19)11-22(18)26(20(16)8-14)24(12-32)34-2/h4-11H,1H3/b26-24+,27-25-. The van der Waals surface area contributed by atoms with Crippen molar-refractivity contribution in [2.45, 2.75) is 13.1 Å². The van der Waals surface area contributed by atoms with Gasteiger partial charge < -0.3 is 0 Å². The molecule has 2 aliphatic carbocycles. The van der Waals surface area contributed by atoms with Gasteiger partial charge in [0.2, 0.25) is 0 Å². The van der Waals surface area contributed by atoms with Crippen LogP contribution in [0, 0.1) is 42.7 Å². The molecule has 0 atom stereocenters. The summed E-state index contributed by atoms with van der Waals surface area (Å²) in [6.45, 7) is 16.9. The van der Waals surface area contributed by atoms with Crippen molar-refractivity contribution in [3.63, 3.8) is 0 Å². The van der Waals surface area contributed by atoms with Gasteiger partial charge in [0.05, 0.1) is 30.8 Å². The van der Waals surface area contributed by atoms with E-state index in [1.165, 1.54) is 6.07 Å². The number of aryl methyl sites for hydroxylation is 1. The van der Waals surface area contributed by atoms with Crippen LogP contribution in [0.2, 0.25) is 0 Å². The van der Waals surface area contributed by atoms with Crippen molar-refractivity contribution in [2.24, 2.45) is 0 Å². The molecule has 0 heterocycles. The molecule has 5 rings (SSSR count). The first-order valence-corrected chi connectivity index (χ1v) is 10.3. The quantitative estimate of drug-likeness (QED) is 0.179. The van der Waals surface area contributed by atoms with Gasteiger partial charge in [-0.2, -0.15) is 13.2 Å². The first-order chi connectivity index (χ1) is 16.7. The van der Waals surface area contributed by atoms with Crippen LogP contribution in [0.3, 0.4) is 0 Å². The molecule has 0 saturated heterocycles. The Kier molecular flexibility index (Phi) is 4.63. The summed E-state index contributed by atoms with van der Waals surface area (Å²) >= 11 is 0. The number of benzene rings is 3. The largest absolute Gasteiger partial charge is 0.416 e. The fourth-order valence-corrected chi connectivity index (χ4v) is 4.80. The Labute approximate surface area is 198 Å². The van der Waals surface area contributed by atoms with Crippen molar-refractivity contribution in [2.75, 3.05) is 0 Å². The van der Waals surface area contributed by atoms with E-state index in [-0.39, 0.29) is 22.5 Å². The number of alkyl halides is 3. The van der Waals surface area contributed by atoms with Crippen LogP contribution in [0.1, 0.15) is 33.4 Å². The first kappa shape index (κ1) is 21.7. The van der Waals surface area contributed by atoms with E-state index in [1.807, 2.05) is 43.3 Å². The van der Waals surface area contributed by atoms with Crippen molar-refractivity contribution in [3.8, 4) is 34.4 Å². The van der Waals surface area contributed by atoms with Crippen LogP contribution < -0.4 is 0 Å². The third-order valence-electron chi connectivity index (χ3n) is 6.25. The summed E-state index contributed by atoms with van der Waals surface area (Å²) in [5.41, 5.74) is 4.67. The number of nitrogens with zero attached hydrogens (tertiary/aromatic N) is 4. The minimum absolute atomic E-state index is 0.110. The number of allylic oxidation sites excluding steroid dienone is 2. The average Bonchev–Trinajstić information content (AvgIpc) is 3.31. The number of fused-ring (bicyclic) bond motifs is 6. The maximum absolute atomic E-state index is 13.5. The number of halogens is 3. The van der Waals surface area contributed by atoms with E-state index >= 15 is 0 Å². The first-order valence-electron chi connectivity index (χ1n) is 10.3. The topological polar surface area (TPSA) is 56.3 Å². The molecule has 0 amide bonds. The van der Waals surface area contributed by atoms with E-state index in [1.54, 1.807) is 6.07 Å². The molecule has 0 fully saturated rings. The van der Waals surface area contributed by atoms with E-state index in [2.05, 4.69) is 9.69 Å². The summed E-state index contributed by atoms with van der Waals surface area (Å²) in [4.78, 5) is 6.69. The van der Waals surface area contributed by atoms with Gasteiger partial charge in [0.25, 0.3) is 11.4 Å². The fraction of sp³-hybridized carbons (Fsp3) is 0.0714. The normalized spacial score (nSPS) is 15.4. The predicted molar refractivity (Wildman–Crippen MR) is 124 cm³/mol. The lowest BCUT2D eigenvalue weighted by molar-refractivity contribution is -0.137. The number of rotatable bonds is 0. The molecule has 0 aliphatic heterocycles. The van der Waals surface area contributed by atoms with Gasteiger partial charge in [0.1, 0.15) is 0 Å². The van der Waals surface area contributed by atoms with Crippen LogP contribution in [0.4, 0.5) is 13.2 Å². The highest BCUT2D eigenvalue weighted by atomic mass is 19.4. The van der Waals surface area contributed by atoms with Gasteiger partial charge in [-0.1, -0.05) is 29.8 Å². The van der Waals surface area contributed by atoms with E-state index in [4.69, 9.17) is 13.1 Å². The molecule has 0 spiro atoms. The minimum Gasteiger partial charge on any atom is -0.226 e. The number of hydrogen-bond donors (Lipinski definition) is 0. The number of hydrogen-bond acceptors (Lipinski definition) is 2. The molecule has 7 heteroatoms. The SMILES string of the molecule is [C-]#[N+]/C(C#N)=C1/c2cc(C(F)(F)F)ccc2-c2cc3c(cc21)/C(=C(\C#N)[N+]#[C-])c1cc(C)ccc1-3. The Bertz CT molecular complexity index is 1690. The zero-order chi connectivity index (χ0) is 25.1. The molecule has 3 aromatic rings. The Morgan fingerprint density at radius 1 is 0.686 bits per heavy atom. The zero-order valence-electron chi connectivity index (χ0n) is 18.0. The molecule has 0 N–H and O–H groups in total. The third-order valence-corrected chi connectivity index (χ3v) is 6.25. The Balaban J connectivity index is 1.91. The molecule has 0 saturated carbocycles. The molecule has 3 aromatic carbocycles. The van der Waals surface area contributed by atoms with Crippen molar-refractivity contribution < 1.29 is 13.2 Å². The van der Waals surface area contributed by atoms with Crippen molar-refractivity contribution in [3.05, 3.63) is 116 Å². The summed E-state index contributed by atoms with van der Waals surface area (Å²) in [7, 11) is 0.